The topological polar surface area (TPSA) is 101 Å². The van der Waals surface area contributed by atoms with Crippen molar-refractivity contribution < 1.29 is 22.1 Å². The molecular weight excluding hydrogens is 381 g/mol. The van der Waals surface area contributed by atoms with E-state index in [-0.39, 0.29) is 22.2 Å². The lowest BCUT2D eigenvalue weighted by Gasteiger charge is -2.06. The molecule has 136 valence electrons. The number of carbonyl (C=O) groups excluding carboxylic acids is 1. The van der Waals surface area contributed by atoms with Gasteiger partial charge in [-0.25, -0.2) is 12.8 Å². The van der Waals surface area contributed by atoms with Crippen LogP contribution in [0.2, 0.25) is 0 Å². The highest BCUT2D eigenvalue weighted by molar-refractivity contribution is 7.89. The van der Waals surface area contributed by atoms with E-state index in [1.165, 1.54) is 26.0 Å². The molecule has 1 aromatic carbocycles. The number of hydrogen-bond acceptors (Lipinski definition) is 6. The molecule has 0 aliphatic heterocycles. The quantitative estimate of drug-likeness (QED) is 0.647. The second-order valence-corrected chi connectivity index (χ2v) is 8.09. The largest absolute Gasteiger partial charge is 0.360 e. The Kier molecular flexibility index (Phi) is 4.90. The number of thiophene rings is 1. The Morgan fingerprint density at radius 2 is 1.85 bits per heavy atom. The maximum Gasteiger partial charge on any atom is 0.276 e. The molecule has 1 amide bonds. The number of rotatable bonds is 5. The lowest BCUT2D eigenvalue weighted by Crippen LogP contribution is -2.41. The number of aromatic nitrogens is 1. The van der Waals surface area contributed by atoms with Crippen molar-refractivity contribution in [3.63, 3.8) is 0 Å². The molecule has 0 atom stereocenters. The second kappa shape index (κ2) is 6.98. The zero-order valence-corrected chi connectivity index (χ0v) is 15.4. The first-order chi connectivity index (χ1) is 12.3. The standard InChI is InChI=1S/C16H14FN3O4S2/c1-9-15(10(2)24-19-9)26(22,23)20-18-16(21)14-8-7-13(25-14)11-3-5-12(17)6-4-11/h3-8,20H,1-2H3,(H,18,21). The molecule has 2 aromatic heterocycles. The van der Waals surface area contributed by atoms with Crippen LogP contribution >= 0.6 is 11.3 Å². The third-order valence-electron chi connectivity index (χ3n) is 3.49. The van der Waals surface area contributed by atoms with Crippen LogP contribution in [0.15, 0.2) is 45.8 Å². The van der Waals surface area contributed by atoms with Crippen molar-refractivity contribution in [3.05, 3.63) is 58.5 Å². The van der Waals surface area contributed by atoms with Gasteiger partial charge in [-0.3, -0.25) is 10.2 Å². The number of benzene rings is 1. The first kappa shape index (κ1) is 18.2. The minimum Gasteiger partial charge on any atom is -0.360 e. The molecule has 0 bridgehead atoms. The van der Waals surface area contributed by atoms with Crippen LogP contribution in [-0.2, 0) is 10.0 Å². The molecule has 0 spiro atoms. The lowest BCUT2D eigenvalue weighted by molar-refractivity contribution is 0.0949. The van der Waals surface area contributed by atoms with Crippen molar-refractivity contribution in [2.75, 3.05) is 0 Å². The average Bonchev–Trinajstić information content (AvgIpc) is 3.21. The van der Waals surface area contributed by atoms with Crippen molar-refractivity contribution in [2.45, 2.75) is 18.7 Å². The van der Waals surface area contributed by atoms with E-state index in [1.807, 2.05) is 4.83 Å². The zero-order chi connectivity index (χ0) is 18.9. The molecule has 7 nitrogen and oxygen atoms in total. The number of hydrogen-bond donors (Lipinski definition) is 2. The van der Waals surface area contributed by atoms with Gasteiger partial charge < -0.3 is 4.52 Å². The fourth-order valence-electron chi connectivity index (χ4n) is 2.31. The third-order valence-corrected chi connectivity index (χ3v) is 6.12. The number of nitrogens with zero attached hydrogens (tertiary/aromatic N) is 1. The predicted octanol–water partition coefficient (Wildman–Crippen LogP) is 2.78. The van der Waals surface area contributed by atoms with Gasteiger partial charge in [-0.15, -0.1) is 16.2 Å². The summed E-state index contributed by atoms with van der Waals surface area (Å²) in [6.45, 7) is 2.95. The highest BCUT2D eigenvalue weighted by Gasteiger charge is 2.25. The van der Waals surface area contributed by atoms with Crippen molar-refractivity contribution in [1.82, 2.24) is 15.4 Å². The van der Waals surface area contributed by atoms with E-state index in [9.17, 15) is 17.6 Å². The normalized spacial score (nSPS) is 11.5. The predicted molar refractivity (Wildman–Crippen MR) is 93.5 cm³/mol. The highest BCUT2D eigenvalue weighted by Crippen LogP contribution is 2.28. The maximum absolute atomic E-state index is 13.0. The molecule has 0 aliphatic carbocycles. The van der Waals surface area contributed by atoms with E-state index in [4.69, 9.17) is 4.52 Å². The second-order valence-electron chi connectivity index (χ2n) is 5.38. The van der Waals surface area contributed by atoms with Crippen LogP contribution in [0.4, 0.5) is 4.39 Å². The van der Waals surface area contributed by atoms with Gasteiger partial charge in [0.2, 0.25) is 0 Å². The van der Waals surface area contributed by atoms with Crippen LogP contribution in [0.25, 0.3) is 10.4 Å². The Hall–Kier alpha value is -2.56. The Balaban J connectivity index is 1.72. The third kappa shape index (κ3) is 3.66. The number of sulfonamides is 1. The van der Waals surface area contributed by atoms with Gasteiger partial charge in [0.15, 0.2) is 5.76 Å². The zero-order valence-electron chi connectivity index (χ0n) is 13.7. The maximum atomic E-state index is 13.0. The van der Waals surface area contributed by atoms with Gasteiger partial charge in [0, 0.05) is 4.88 Å². The fraction of sp³-hybridized carbons (Fsp3) is 0.125. The van der Waals surface area contributed by atoms with E-state index in [1.54, 1.807) is 24.3 Å². The number of aryl methyl sites for hydroxylation is 2. The smallest absolute Gasteiger partial charge is 0.276 e. The molecule has 0 saturated heterocycles. The van der Waals surface area contributed by atoms with Gasteiger partial charge in [0.1, 0.15) is 16.4 Å². The molecule has 0 unspecified atom stereocenters. The van der Waals surface area contributed by atoms with Crippen LogP contribution < -0.4 is 10.3 Å². The molecule has 10 heteroatoms. The summed E-state index contributed by atoms with van der Waals surface area (Å²) in [4.78, 5) is 15.2. The monoisotopic (exact) mass is 395 g/mol. The molecule has 2 heterocycles. The molecule has 0 radical (unpaired) electrons. The Morgan fingerprint density at radius 1 is 1.15 bits per heavy atom. The van der Waals surface area contributed by atoms with Gasteiger partial charge in [-0.1, -0.05) is 17.3 Å². The summed E-state index contributed by atoms with van der Waals surface area (Å²) >= 11 is 1.15. The van der Waals surface area contributed by atoms with Crippen molar-refractivity contribution in [2.24, 2.45) is 0 Å². The van der Waals surface area contributed by atoms with E-state index >= 15 is 0 Å². The van der Waals surface area contributed by atoms with Crippen LogP contribution in [0.3, 0.4) is 0 Å². The van der Waals surface area contributed by atoms with Crippen molar-refractivity contribution in [1.29, 1.82) is 0 Å². The summed E-state index contributed by atoms with van der Waals surface area (Å²) in [5.74, 6) is -0.838. The van der Waals surface area contributed by atoms with E-state index in [0.29, 0.717) is 4.88 Å². The number of amides is 1. The Bertz CT molecular complexity index is 1040. The summed E-state index contributed by atoms with van der Waals surface area (Å²) in [6.07, 6.45) is 0. The SMILES string of the molecule is Cc1noc(C)c1S(=O)(=O)NNC(=O)c1ccc(-c2ccc(F)cc2)s1. The fourth-order valence-corrected chi connectivity index (χ4v) is 4.39. The van der Waals surface area contributed by atoms with E-state index in [0.717, 1.165) is 21.8 Å². The van der Waals surface area contributed by atoms with Gasteiger partial charge in [0.25, 0.3) is 15.9 Å². The number of hydrazine groups is 1. The molecule has 0 aliphatic rings. The summed E-state index contributed by atoms with van der Waals surface area (Å²) < 4.78 is 42.4. The average molecular weight is 395 g/mol. The number of halogens is 1. The first-order valence-corrected chi connectivity index (χ1v) is 9.68. The number of carbonyl (C=O) groups is 1. The van der Waals surface area contributed by atoms with Crippen LogP contribution in [0.5, 0.6) is 0 Å². The first-order valence-electron chi connectivity index (χ1n) is 7.39. The lowest BCUT2D eigenvalue weighted by atomic mass is 10.2. The minimum atomic E-state index is -4.01. The molecule has 0 fully saturated rings. The van der Waals surface area contributed by atoms with E-state index in [2.05, 4.69) is 10.6 Å². The summed E-state index contributed by atoms with van der Waals surface area (Å²) in [5, 5.41) is 3.58. The molecule has 26 heavy (non-hydrogen) atoms. The Morgan fingerprint density at radius 3 is 2.46 bits per heavy atom. The van der Waals surface area contributed by atoms with Gasteiger partial charge in [-0.05, 0) is 43.7 Å². The molecule has 3 rings (SSSR count). The highest BCUT2D eigenvalue weighted by atomic mass is 32.2. The molecule has 3 aromatic rings. The molecule has 2 N–H and O–H groups in total. The van der Waals surface area contributed by atoms with Gasteiger partial charge >= 0.3 is 0 Å². The van der Waals surface area contributed by atoms with Crippen molar-refractivity contribution >= 4 is 27.3 Å². The molecular formula is C16H14FN3O4S2. The van der Waals surface area contributed by atoms with Gasteiger partial charge in [0.05, 0.1) is 4.88 Å². The number of nitrogens with one attached hydrogen (secondary N) is 2. The van der Waals surface area contributed by atoms with Crippen LogP contribution in [0.1, 0.15) is 21.1 Å². The van der Waals surface area contributed by atoms with Gasteiger partial charge in [-0.2, -0.15) is 0 Å². The van der Waals surface area contributed by atoms with Crippen LogP contribution in [0, 0.1) is 19.7 Å². The van der Waals surface area contributed by atoms with Crippen LogP contribution in [-0.4, -0.2) is 19.5 Å². The molecule has 0 saturated carbocycles. The Labute approximate surface area is 152 Å². The summed E-state index contributed by atoms with van der Waals surface area (Å²) in [7, 11) is -4.01. The van der Waals surface area contributed by atoms with Crippen molar-refractivity contribution in [3.8, 4) is 10.4 Å². The summed E-state index contributed by atoms with van der Waals surface area (Å²) in [6, 6.07) is 9.11. The summed E-state index contributed by atoms with van der Waals surface area (Å²) in [5.41, 5.74) is 3.11. The van der Waals surface area contributed by atoms with E-state index < -0.39 is 15.9 Å². The minimum absolute atomic E-state index is 0.115.